The van der Waals surface area contributed by atoms with Crippen molar-refractivity contribution < 1.29 is 14.3 Å². The second-order valence-electron chi connectivity index (χ2n) is 3.56. The van der Waals surface area contributed by atoms with Crippen LogP contribution in [0.3, 0.4) is 0 Å². The van der Waals surface area contributed by atoms with Crippen LogP contribution in [0.1, 0.15) is 21.5 Å². The maximum Gasteiger partial charge on any atom is 0.231 e. The number of carbonyl (C=O) groups excluding carboxylic acids is 1. The predicted molar refractivity (Wildman–Crippen MR) is 55.4 cm³/mol. The van der Waals surface area contributed by atoms with E-state index in [9.17, 15) is 4.79 Å². The molecule has 0 bridgehead atoms. The second kappa shape index (κ2) is 3.55. The largest absolute Gasteiger partial charge is 0.453 e. The van der Waals surface area contributed by atoms with E-state index < -0.39 is 0 Å². The van der Waals surface area contributed by atoms with Crippen LogP contribution in [-0.2, 0) is 0 Å². The molecule has 4 nitrogen and oxygen atoms in total. The molecule has 0 fully saturated rings. The summed E-state index contributed by atoms with van der Waals surface area (Å²) in [5.41, 5.74) is 7.88. The normalized spacial score (nSPS) is 13.0. The van der Waals surface area contributed by atoms with Crippen molar-refractivity contribution in [1.82, 2.24) is 0 Å². The number of ether oxygens (including phenoxy) is 2. The molecule has 4 heteroatoms. The van der Waals surface area contributed by atoms with Crippen LogP contribution in [0.2, 0.25) is 0 Å². The first-order chi connectivity index (χ1) is 7.15. The minimum atomic E-state index is -0.125. The molecule has 0 aliphatic carbocycles. The molecule has 0 radical (unpaired) electrons. The number of benzene rings is 1. The molecule has 0 amide bonds. The zero-order valence-electron chi connectivity index (χ0n) is 8.79. The van der Waals surface area contributed by atoms with Crippen LogP contribution in [0, 0.1) is 13.8 Å². The summed E-state index contributed by atoms with van der Waals surface area (Å²) in [5.74, 6) is 1.08. The molecule has 0 atom stereocenters. The van der Waals surface area contributed by atoms with Gasteiger partial charge in [0.2, 0.25) is 6.79 Å². The summed E-state index contributed by atoms with van der Waals surface area (Å²) in [7, 11) is 0. The Kier molecular flexibility index (Phi) is 2.36. The van der Waals surface area contributed by atoms with E-state index in [-0.39, 0.29) is 19.1 Å². The fourth-order valence-electron chi connectivity index (χ4n) is 1.64. The Morgan fingerprint density at radius 1 is 1.40 bits per heavy atom. The Balaban J connectivity index is 2.62. The van der Waals surface area contributed by atoms with Gasteiger partial charge in [-0.2, -0.15) is 0 Å². The average Bonchev–Trinajstić information content (AvgIpc) is 2.71. The summed E-state index contributed by atoms with van der Waals surface area (Å²) < 4.78 is 10.6. The lowest BCUT2D eigenvalue weighted by atomic mass is 10.0. The van der Waals surface area contributed by atoms with E-state index in [1.807, 2.05) is 13.8 Å². The molecule has 1 heterocycles. The third-order valence-corrected chi connectivity index (χ3v) is 2.64. The number of Topliss-reactive ketones (excluding diaryl/α,β-unsaturated/α-hetero) is 1. The molecular formula is C11H13NO3. The second-order valence-corrected chi connectivity index (χ2v) is 3.56. The van der Waals surface area contributed by atoms with Crippen LogP contribution < -0.4 is 15.2 Å². The molecule has 1 aliphatic rings. The molecule has 1 aromatic rings. The molecule has 15 heavy (non-hydrogen) atoms. The van der Waals surface area contributed by atoms with Crippen LogP contribution in [0.15, 0.2) is 6.07 Å². The first kappa shape index (κ1) is 9.98. The highest BCUT2D eigenvalue weighted by Gasteiger charge is 2.24. The minimum Gasteiger partial charge on any atom is -0.453 e. The maximum atomic E-state index is 11.6. The fraction of sp³-hybridized carbons (Fsp3) is 0.364. The summed E-state index contributed by atoms with van der Waals surface area (Å²) in [4.78, 5) is 11.6. The molecular weight excluding hydrogens is 194 g/mol. The summed E-state index contributed by atoms with van der Waals surface area (Å²) in [6.07, 6.45) is 0. The van der Waals surface area contributed by atoms with Crippen LogP contribution in [-0.4, -0.2) is 19.1 Å². The molecule has 1 aliphatic heterocycles. The molecule has 1 aromatic carbocycles. The minimum absolute atomic E-state index is 0.0156. The summed E-state index contributed by atoms with van der Waals surface area (Å²) in [6, 6.07) is 1.80. The number of nitrogens with two attached hydrogens (primary N) is 1. The van der Waals surface area contributed by atoms with Crippen LogP contribution in [0.4, 0.5) is 0 Å². The van der Waals surface area contributed by atoms with E-state index in [1.54, 1.807) is 6.07 Å². The van der Waals surface area contributed by atoms with Gasteiger partial charge in [0.25, 0.3) is 0 Å². The van der Waals surface area contributed by atoms with Crippen molar-refractivity contribution in [3.05, 3.63) is 22.8 Å². The number of hydrogen-bond donors (Lipinski definition) is 1. The first-order valence-corrected chi connectivity index (χ1v) is 4.78. The van der Waals surface area contributed by atoms with Crippen LogP contribution >= 0.6 is 0 Å². The van der Waals surface area contributed by atoms with Crippen molar-refractivity contribution in [2.45, 2.75) is 13.8 Å². The summed E-state index contributed by atoms with van der Waals surface area (Å²) in [5, 5.41) is 0. The Bertz CT molecular complexity index is 426. The number of carbonyl (C=O) groups is 1. The summed E-state index contributed by atoms with van der Waals surface area (Å²) in [6.45, 7) is 4.03. The third-order valence-electron chi connectivity index (χ3n) is 2.64. The van der Waals surface area contributed by atoms with E-state index in [2.05, 4.69) is 0 Å². The van der Waals surface area contributed by atoms with E-state index in [0.29, 0.717) is 17.1 Å². The monoisotopic (exact) mass is 207 g/mol. The van der Waals surface area contributed by atoms with Crippen LogP contribution in [0.25, 0.3) is 0 Å². The van der Waals surface area contributed by atoms with E-state index >= 15 is 0 Å². The topological polar surface area (TPSA) is 61.6 Å². The van der Waals surface area contributed by atoms with Gasteiger partial charge in [0, 0.05) is 0 Å². The van der Waals surface area contributed by atoms with Crippen molar-refractivity contribution >= 4 is 5.78 Å². The highest BCUT2D eigenvalue weighted by atomic mass is 16.7. The van der Waals surface area contributed by atoms with Gasteiger partial charge in [-0.05, 0) is 31.0 Å². The Morgan fingerprint density at radius 2 is 2.07 bits per heavy atom. The lowest BCUT2D eigenvalue weighted by molar-refractivity contribution is 0.0996. The molecule has 80 valence electrons. The van der Waals surface area contributed by atoms with E-state index in [0.717, 1.165) is 11.1 Å². The number of fused-ring (bicyclic) bond motifs is 1. The standard InChI is InChI=1S/C11H13NO3/c1-6-3-8(9(13)4-12)11-10(7(6)2)14-5-15-11/h3H,4-5,12H2,1-2H3. The SMILES string of the molecule is Cc1cc(C(=O)CN)c2c(c1C)OCO2. The molecule has 0 spiro atoms. The Hall–Kier alpha value is -1.55. The van der Waals surface area contributed by atoms with Gasteiger partial charge in [0.15, 0.2) is 17.3 Å². The Labute approximate surface area is 88.0 Å². The van der Waals surface area contributed by atoms with Gasteiger partial charge in [-0.25, -0.2) is 0 Å². The van der Waals surface area contributed by atoms with E-state index in [1.165, 1.54) is 0 Å². The predicted octanol–water partition coefficient (Wildman–Crippen LogP) is 1.17. The van der Waals surface area contributed by atoms with Crippen molar-refractivity contribution in [3.8, 4) is 11.5 Å². The average molecular weight is 207 g/mol. The zero-order valence-corrected chi connectivity index (χ0v) is 8.79. The number of aryl methyl sites for hydroxylation is 1. The Morgan fingerprint density at radius 3 is 2.73 bits per heavy atom. The molecule has 0 unspecified atom stereocenters. The van der Waals surface area contributed by atoms with Gasteiger partial charge in [0.05, 0.1) is 12.1 Å². The number of rotatable bonds is 2. The first-order valence-electron chi connectivity index (χ1n) is 4.78. The van der Waals surface area contributed by atoms with Gasteiger partial charge in [-0.15, -0.1) is 0 Å². The zero-order chi connectivity index (χ0) is 11.0. The van der Waals surface area contributed by atoms with Gasteiger partial charge in [-0.1, -0.05) is 0 Å². The lowest BCUT2D eigenvalue weighted by Crippen LogP contribution is -2.14. The molecule has 2 N–H and O–H groups in total. The molecule has 0 saturated heterocycles. The molecule has 2 rings (SSSR count). The van der Waals surface area contributed by atoms with Crippen molar-refractivity contribution in [2.75, 3.05) is 13.3 Å². The number of hydrogen-bond acceptors (Lipinski definition) is 4. The fourth-order valence-corrected chi connectivity index (χ4v) is 1.64. The summed E-state index contributed by atoms with van der Waals surface area (Å²) >= 11 is 0. The van der Waals surface area contributed by atoms with Gasteiger partial charge in [-0.3, -0.25) is 4.79 Å². The van der Waals surface area contributed by atoms with Gasteiger partial charge >= 0.3 is 0 Å². The molecule has 0 aromatic heterocycles. The van der Waals surface area contributed by atoms with E-state index in [4.69, 9.17) is 15.2 Å². The quantitative estimate of drug-likeness (QED) is 0.739. The third kappa shape index (κ3) is 1.47. The highest BCUT2D eigenvalue weighted by Crippen LogP contribution is 2.40. The van der Waals surface area contributed by atoms with Gasteiger partial charge in [0.1, 0.15) is 0 Å². The maximum absolute atomic E-state index is 11.6. The lowest BCUT2D eigenvalue weighted by Gasteiger charge is -2.08. The van der Waals surface area contributed by atoms with Crippen molar-refractivity contribution in [1.29, 1.82) is 0 Å². The van der Waals surface area contributed by atoms with Crippen molar-refractivity contribution in [3.63, 3.8) is 0 Å². The smallest absolute Gasteiger partial charge is 0.231 e. The number of ketones is 1. The van der Waals surface area contributed by atoms with Gasteiger partial charge < -0.3 is 15.2 Å². The highest BCUT2D eigenvalue weighted by molar-refractivity contribution is 6.01. The van der Waals surface area contributed by atoms with Crippen molar-refractivity contribution in [2.24, 2.45) is 5.73 Å². The molecule has 0 saturated carbocycles. The van der Waals surface area contributed by atoms with Crippen LogP contribution in [0.5, 0.6) is 11.5 Å².